The van der Waals surface area contributed by atoms with Gasteiger partial charge in [-0.2, -0.15) is 13.2 Å². The van der Waals surface area contributed by atoms with Crippen LogP contribution in [0.4, 0.5) is 23.7 Å². The van der Waals surface area contributed by atoms with E-state index in [9.17, 15) is 18.0 Å². The number of halogens is 3. The minimum atomic E-state index is -4.49. The number of anilines is 1. The van der Waals surface area contributed by atoms with Gasteiger partial charge < -0.3 is 15.5 Å². The fourth-order valence-electron chi connectivity index (χ4n) is 2.05. The molecule has 124 valence electrons. The summed E-state index contributed by atoms with van der Waals surface area (Å²) in [6.07, 6.45) is -3.75. The first-order valence-electron chi connectivity index (χ1n) is 7.31. The van der Waals surface area contributed by atoms with Crippen molar-refractivity contribution in [3.63, 3.8) is 0 Å². The Balaban J connectivity index is 2.46. The zero-order chi connectivity index (χ0) is 16.6. The summed E-state index contributed by atoms with van der Waals surface area (Å²) in [6, 6.07) is 4.28. The number of alkyl halides is 3. The lowest BCUT2D eigenvalue weighted by atomic mass is 10.1. The van der Waals surface area contributed by atoms with Crippen LogP contribution in [0.1, 0.15) is 25.8 Å². The maximum absolute atomic E-state index is 12.8. The van der Waals surface area contributed by atoms with Crippen molar-refractivity contribution in [1.29, 1.82) is 0 Å². The molecule has 0 aromatic heterocycles. The monoisotopic (exact) mass is 317 g/mol. The number of hydrogen-bond acceptors (Lipinski definition) is 2. The number of rotatable bonds is 7. The first kappa shape index (κ1) is 18.3. The number of nitrogens with zero attached hydrogens (tertiary/aromatic N) is 1. The molecule has 2 N–H and O–H groups in total. The molecule has 1 aromatic rings. The molecule has 0 spiro atoms. The van der Waals surface area contributed by atoms with Gasteiger partial charge in [0.05, 0.1) is 11.3 Å². The lowest BCUT2D eigenvalue weighted by Crippen LogP contribution is -2.33. The van der Waals surface area contributed by atoms with E-state index >= 15 is 0 Å². The van der Waals surface area contributed by atoms with Crippen LogP contribution in [0.2, 0.25) is 0 Å². The third-order valence-corrected chi connectivity index (χ3v) is 3.31. The molecular formula is C15H22F3N3O. The summed E-state index contributed by atoms with van der Waals surface area (Å²) in [7, 11) is 0. The van der Waals surface area contributed by atoms with Crippen LogP contribution in [0.25, 0.3) is 0 Å². The Labute approximate surface area is 128 Å². The average molecular weight is 317 g/mol. The number of carbonyl (C=O) groups is 1. The summed E-state index contributed by atoms with van der Waals surface area (Å²) in [5.74, 6) is 0. The maximum Gasteiger partial charge on any atom is 0.418 e. The summed E-state index contributed by atoms with van der Waals surface area (Å²) in [5.41, 5.74) is -1.09. The molecule has 0 aliphatic heterocycles. The van der Waals surface area contributed by atoms with Crippen molar-refractivity contribution >= 4 is 11.7 Å². The molecule has 0 heterocycles. The van der Waals surface area contributed by atoms with Gasteiger partial charge in [0.25, 0.3) is 0 Å². The van der Waals surface area contributed by atoms with E-state index < -0.39 is 17.8 Å². The molecule has 0 fully saturated rings. The summed E-state index contributed by atoms with van der Waals surface area (Å²) >= 11 is 0. The minimum absolute atomic E-state index is 0.240. The Hall–Kier alpha value is -1.76. The largest absolute Gasteiger partial charge is 0.418 e. The molecule has 7 heteroatoms. The van der Waals surface area contributed by atoms with E-state index in [0.29, 0.717) is 6.54 Å². The van der Waals surface area contributed by atoms with E-state index in [1.54, 1.807) is 0 Å². The number of urea groups is 1. The Morgan fingerprint density at radius 2 is 1.82 bits per heavy atom. The fraction of sp³-hybridized carbons (Fsp3) is 0.533. The second-order valence-corrected chi connectivity index (χ2v) is 4.80. The summed E-state index contributed by atoms with van der Waals surface area (Å²) in [5, 5.41) is 4.82. The summed E-state index contributed by atoms with van der Waals surface area (Å²) < 4.78 is 38.4. The van der Waals surface area contributed by atoms with Gasteiger partial charge in [-0.1, -0.05) is 26.0 Å². The van der Waals surface area contributed by atoms with Crippen molar-refractivity contribution in [2.24, 2.45) is 0 Å². The molecule has 0 saturated carbocycles. The second-order valence-electron chi connectivity index (χ2n) is 4.80. The van der Waals surface area contributed by atoms with Gasteiger partial charge in [0, 0.05) is 6.54 Å². The molecule has 0 atom stereocenters. The molecule has 0 aliphatic carbocycles. The standard InChI is InChI=1S/C15H22F3N3O/c1-3-21(4-2)11-7-10-19-14(22)20-13-9-6-5-8-12(13)15(16,17)18/h5-6,8-9H,3-4,7,10-11H2,1-2H3,(H2,19,20,22). The zero-order valence-corrected chi connectivity index (χ0v) is 12.8. The van der Waals surface area contributed by atoms with Crippen LogP contribution in [0.3, 0.4) is 0 Å². The number of amides is 2. The minimum Gasteiger partial charge on any atom is -0.338 e. The van der Waals surface area contributed by atoms with Gasteiger partial charge in [-0.25, -0.2) is 4.79 Å². The highest BCUT2D eigenvalue weighted by Crippen LogP contribution is 2.34. The normalized spacial score (nSPS) is 11.5. The number of carbonyl (C=O) groups excluding carboxylic acids is 1. The van der Waals surface area contributed by atoms with Gasteiger partial charge in [0.15, 0.2) is 0 Å². The Morgan fingerprint density at radius 3 is 2.41 bits per heavy atom. The Kier molecular flexibility index (Phi) is 7.17. The van der Waals surface area contributed by atoms with Crippen molar-refractivity contribution in [1.82, 2.24) is 10.2 Å². The van der Waals surface area contributed by atoms with Crippen molar-refractivity contribution in [3.8, 4) is 0 Å². The molecule has 22 heavy (non-hydrogen) atoms. The van der Waals surface area contributed by atoms with Crippen LogP contribution in [-0.4, -0.2) is 37.1 Å². The zero-order valence-electron chi connectivity index (χ0n) is 12.8. The van der Waals surface area contributed by atoms with Crippen LogP contribution < -0.4 is 10.6 Å². The molecule has 4 nitrogen and oxygen atoms in total. The molecule has 0 radical (unpaired) electrons. The predicted octanol–water partition coefficient (Wildman–Crippen LogP) is 3.56. The smallest absolute Gasteiger partial charge is 0.338 e. The molecule has 1 rings (SSSR count). The third-order valence-electron chi connectivity index (χ3n) is 3.31. The van der Waals surface area contributed by atoms with E-state index in [2.05, 4.69) is 29.4 Å². The molecule has 0 unspecified atom stereocenters. The topological polar surface area (TPSA) is 44.4 Å². The lowest BCUT2D eigenvalue weighted by Gasteiger charge is -2.18. The maximum atomic E-state index is 12.8. The van der Waals surface area contributed by atoms with Crippen molar-refractivity contribution in [2.45, 2.75) is 26.4 Å². The van der Waals surface area contributed by atoms with E-state index in [4.69, 9.17) is 0 Å². The Morgan fingerprint density at radius 1 is 1.18 bits per heavy atom. The van der Waals surface area contributed by atoms with E-state index in [-0.39, 0.29) is 5.69 Å². The molecule has 0 saturated heterocycles. The van der Waals surface area contributed by atoms with Crippen LogP contribution in [0.15, 0.2) is 24.3 Å². The highest BCUT2D eigenvalue weighted by Gasteiger charge is 2.33. The average Bonchev–Trinajstić information content (AvgIpc) is 2.47. The first-order chi connectivity index (χ1) is 10.4. The fourth-order valence-corrected chi connectivity index (χ4v) is 2.05. The van der Waals surface area contributed by atoms with Crippen LogP contribution in [-0.2, 0) is 6.18 Å². The quantitative estimate of drug-likeness (QED) is 0.755. The summed E-state index contributed by atoms with van der Waals surface area (Å²) in [6.45, 7) is 7.22. The van der Waals surface area contributed by atoms with Crippen molar-refractivity contribution in [2.75, 3.05) is 31.5 Å². The molecular weight excluding hydrogens is 295 g/mol. The van der Waals surface area contributed by atoms with Crippen molar-refractivity contribution < 1.29 is 18.0 Å². The third kappa shape index (κ3) is 5.93. The van der Waals surface area contributed by atoms with Crippen LogP contribution >= 0.6 is 0 Å². The highest BCUT2D eigenvalue weighted by molar-refractivity contribution is 5.90. The van der Waals surface area contributed by atoms with Crippen LogP contribution in [0, 0.1) is 0 Å². The molecule has 1 aromatic carbocycles. The number of hydrogen-bond donors (Lipinski definition) is 2. The Bertz CT molecular complexity index is 473. The molecule has 0 aliphatic rings. The van der Waals surface area contributed by atoms with Gasteiger partial charge >= 0.3 is 12.2 Å². The predicted molar refractivity (Wildman–Crippen MR) is 80.9 cm³/mol. The molecule has 2 amide bonds. The van der Waals surface area contributed by atoms with E-state index in [1.165, 1.54) is 18.2 Å². The number of nitrogens with one attached hydrogen (secondary N) is 2. The van der Waals surface area contributed by atoms with E-state index in [1.807, 2.05) is 0 Å². The highest BCUT2D eigenvalue weighted by atomic mass is 19.4. The summed E-state index contributed by atoms with van der Waals surface area (Å²) in [4.78, 5) is 13.9. The number of benzene rings is 1. The van der Waals surface area contributed by atoms with Gasteiger partial charge in [-0.3, -0.25) is 0 Å². The lowest BCUT2D eigenvalue weighted by molar-refractivity contribution is -0.136. The second kappa shape index (κ2) is 8.63. The SMILES string of the molecule is CCN(CC)CCCNC(=O)Nc1ccccc1C(F)(F)F. The van der Waals surface area contributed by atoms with Gasteiger partial charge in [0.2, 0.25) is 0 Å². The van der Waals surface area contributed by atoms with E-state index in [0.717, 1.165) is 32.1 Å². The van der Waals surface area contributed by atoms with Crippen LogP contribution in [0.5, 0.6) is 0 Å². The van der Waals surface area contributed by atoms with Gasteiger partial charge in [-0.15, -0.1) is 0 Å². The number of para-hydroxylation sites is 1. The first-order valence-corrected chi connectivity index (χ1v) is 7.31. The van der Waals surface area contributed by atoms with Gasteiger partial charge in [-0.05, 0) is 38.2 Å². The van der Waals surface area contributed by atoms with Crippen molar-refractivity contribution in [3.05, 3.63) is 29.8 Å². The molecule has 0 bridgehead atoms. The van der Waals surface area contributed by atoms with Gasteiger partial charge in [0.1, 0.15) is 0 Å².